The average molecular weight is 552 g/mol. The Balaban J connectivity index is 1.23. The first-order valence-corrected chi connectivity index (χ1v) is 13.6. The second-order valence-corrected chi connectivity index (χ2v) is 9.85. The van der Waals surface area contributed by atoms with Gasteiger partial charge in [-0.15, -0.1) is 0 Å². The van der Waals surface area contributed by atoms with E-state index in [1.807, 2.05) is 67.6 Å². The van der Waals surface area contributed by atoms with Crippen molar-refractivity contribution in [2.24, 2.45) is 5.10 Å². The molecule has 0 fully saturated rings. The highest BCUT2D eigenvalue weighted by Crippen LogP contribution is 2.30. The number of carbonyl (C=O) groups is 2. The third-order valence-corrected chi connectivity index (χ3v) is 7.23. The maximum absolute atomic E-state index is 13.0. The molecule has 1 aliphatic carbocycles. The number of amides is 2. The first kappa shape index (κ1) is 27.7. The van der Waals surface area contributed by atoms with Crippen molar-refractivity contribution < 1.29 is 23.5 Å². The predicted octanol–water partition coefficient (Wildman–Crippen LogP) is 5.72. The van der Waals surface area contributed by atoms with E-state index < -0.39 is 0 Å². The lowest BCUT2D eigenvalue weighted by Gasteiger charge is -2.13. The van der Waals surface area contributed by atoms with Crippen LogP contribution in [0.5, 0.6) is 11.5 Å². The molecule has 1 aliphatic rings. The summed E-state index contributed by atoms with van der Waals surface area (Å²) in [6, 6.07) is 23.1. The molecule has 0 aliphatic heterocycles. The molecule has 5 rings (SSSR count). The van der Waals surface area contributed by atoms with Crippen LogP contribution in [0.15, 0.2) is 82.3 Å². The van der Waals surface area contributed by atoms with Gasteiger partial charge < -0.3 is 19.2 Å². The second-order valence-electron chi connectivity index (χ2n) is 9.85. The van der Waals surface area contributed by atoms with Crippen LogP contribution in [0.25, 0.3) is 11.1 Å². The fraction of sp³-hybridized carbons (Fsp3) is 0.242. The highest BCUT2D eigenvalue weighted by atomic mass is 16.5. The minimum atomic E-state index is -0.293. The van der Waals surface area contributed by atoms with E-state index in [-0.39, 0.29) is 17.6 Å². The lowest BCUT2D eigenvalue weighted by molar-refractivity contribution is 0.0922. The zero-order valence-electron chi connectivity index (χ0n) is 23.5. The van der Waals surface area contributed by atoms with E-state index in [1.165, 1.54) is 0 Å². The smallest absolute Gasteiger partial charge is 0.287 e. The molecule has 0 spiro atoms. The van der Waals surface area contributed by atoms with Crippen molar-refractivity contribution in [1.82, 2.24) is 10.7 Å². The van der Waals surface area contributed by atoms with E-state index in [0.29, 0.717) is 48.6 Å². The molecular weight excluding hydrogens is 518 g/mol. The van der Waals surface area contributed by atoms with Crippen LogP contribution in [0.3, 0.4) is 0 Å². The summed E-state index contributed by atoms with van der Waals surface area (Å²) in [5.41, 5.74) is 8.59. The molecular formula is C33H33N3O5. The number of furan rings is 1. The molecule has 0 atom stereocenters. The number of hydrazone groups is 1. The summed E-state index contributed by atoms with van der Waals surface area (Å²) in [5, 5.41) is 7.40. The van der Waals surface area contributed by atoms with Crippen molar-refractivity contribution >= 4 is 17.5 Å². The highest BCUT2D eigenvalue weighted by molar-refractivity contribution is 6.07. The van der Waals surface area contributed by atoms with Gasteiger partial charge in [-0.2, -0.15) is 5.10 Å². The van der Waals surface area contributed by atoms with Gasteiger partial charge in [0.25, 0.3) is 11.8 Å². The van der Waals surface area contributed by atoms with Crippen molar-refractivity contribution in [2.75, 3.05) is 20.8 Å². The van der Waals surface area contributed by atoms with Gasteiger partial charge in [-0.3, -0.25) is 9.59 Å². The minimum absolute atomic E-state index is 0.278. The maximum Gasteiger partial charge on any atom is 0.287 e. The van der Waals surface area contributed by atoms with Gasteiger partial charge >= 0.3 is 0 Å². The Morgan fingerprint density at radius 2 is 1.61 bits per heavy atom. The third-order valence-electron chi connectivity index (χ3n) is 7.23. The quantitative estimate of drug-likeness (QED) is 0.259. The summed E-state index contributed by atoms with van der Waals surface area (Å²) >= 11 is 0. The summed E-state index contributed by atoms with van der Waals surface area (Å²) in [5.74, 6) is 1.73. The molecule has 0 radical (unpaired) electrons. The van der Waals surface area contributed by atoms with Crippen molar-refractivity contribution in [3.63, 3.8) is 0 Å². The molecule has 0 unspecified atom stereocenters. The third kappa shape index (κ3) is 6.17. The molecule has 0 saturated carbocycles. The number of nitrogens with one attached hydrogen (secondary N) is 2. The second kappa shape index (κ2) is 12.6. The fourth-order valence-electron chi connectivity index (χ4n) is 5.06. The molecule has 8 heteroatoms. The molecule has 0 bridgehead atoms. The van der Waals surface area contributed by atoms with Crippen LogP contribution in [-0.4, -0.2) is 38.3 Å². The Bertz CT molecular complexity index is 1570. The first-order valence-electron chi connectivity index (χ1n) is 13.6. The standard InChI is InChI=1S/C33H33N3O5/c1-21-30-26(35-36-32(37)25-15-13-24(14-16-25)23-8-5-4-6-9-23)10-7-11-28(30)41-31(21)33(38)34-19-18-22-12-17-27(39-2)29(20-22)40-3/h4-6,8-9,12-17,20H,7,10-11,18-19H2,1-3H3,(H,34,38)(H,36,37)/b35-26+. The summed E-state index contributed by atoms with van der Waals surface area (Å²) in [4.78, 5) is 25.9. The van der Waals surface area contributed by atoms with Gasteiger partial charge in [0, 0.05) is 29.7 Å². The number of aryl methyl sites for hydroxylation is 1. The molecule has 1 heterocycles. The normalized spacial score (nSPS) is 13.4. The van der Waals surface area contributed by atoms with Crippen LogP contribution in [0.2, 0.25) is 0 Å². The average Bonchev–Trinajstić information content (AvgIpc) is 3.37. The van der Waals surface area contributed by atoms with E-state index >= 15 is 0 Å². The zero-order chi connectivity index (χ0) is 28.8. The van der Waals surface area contributed by atoms with Gasteiger partial charge in [-0.05, 0) is 67.1 Å². The molecule has 8 nitrogen and oxygen atoms in total. The molecule has 1 aromatic heterocycles. The van der Waals surface area contributed by atoms with Crippen LogP contribution in [-0.2, 0) is 12.8 Å². The Morgan fingerprint density at radius 1 is 0.878 bits per heavy atom. The zero-order valence-corrected chi connectivity index (χ0v) is 23.5. The molecule has 0 saturated heterocycles. The SMILES string of the molecule is COc1ccc(CCNC(=O)c2oc3c(c2C)/C(=N/NC(=O)c2ccc(-c4ccccc4)cc2)CCC3)cc1OC. The molecule has 2 amide bonds. The van der Waals surface area contributed by atoms with Crippen molar-refractivity contribution in [2.45, 2.75) is 32.6 Å². The topological polar surface area (TPSA) is 102 Å². The van der Waals surface area contributed by atoms with Crippen LogP contribution < -0.4 is 20.2 Å². The van der Waals surface area contributed by atoms with Gasteiger partial charge in [0.2, 0.25) is 0 Å². The van der Waals surface area contributed by atoms with Gasteiger partial charge in [0.05, 0.1) is 19.9 Å². The lowest BCUT2D eigenvalue weighted by Crippen LogP contribution is -2.26. The predicted molar refractivity (Wildman–Crippen MR) is 158 cm³/mol. The van der Waals surface area contributed by atoms with Gasteiger partial charge in [-0.1, -0.05) is 48.5 Å². The Labute approximate surface area is 239 Å². The number of methoxy groups -OCH3 is 2. The summed E-state index contributed by atoms with van der Waals surface area (Å²) in [7, 11) is 3.19. The molecule has 210 valence electrons. The van der Waals surface area contributed by atoms with Gasteiger partial charge in [0.15, 0.2) is 17.3 Å². The fourth-order valence-corrected chi connectivity index (χ4v) is 5.06. The van der Waals surface area contributed by atoms with Crippen molar-refractivity contribution in [1.29, 1.82) is 0 Å². The Morgan fingerprint density at radius 3 is 2.34 bits per heavy atom. The van der Waals surface area contributed by atoms with E-state index in [0.717, 1.165) is 40.0 Å². The van der Waals surface area contributed by atoms with E-state index in [4.69, 9.17) is 13.9 Å². The van der Waals surface area contributed by atoms with Crippen LogP contribution >= 0.6 is 0 Å². The van der Waals surface area contributed by atoms with Crippen LogP contribution in [0.4, 0.5) is 0 Å². The van der Waals surface area contributed by atoms with Crippen molar-refractivity contribution in [3.05, 3.63) is 107 Å². The first-order chi connectivity index (χ1) is 20.0. The van der Waals surface area contributed by atoms with Gasteiger partial charge in [-0.25, -0.2) is 5.43 Å². The van der Waals surface area contributed by atoms with Crippen LogP contribution in [0, 0.1) is 6.92 Å². The summed E-state index contributed by atoms with van der Waals surface area (Å²) in [6.07, 6.45) is 2.83. The van der Waals surface area contributed by atoms with E-state index in [9.17, 15) is 9.59 Å². The van der Waals surface area contributed by atoms with E-state index in [2.05, 4.69) is 15.8 Å². The molecule has 4 aromatic rings. The number of rotatable bonds is 9. The maximum atomic E-state index is 13.0. The number of ether oxygens (including phenoxy) is 2. The highest BCUT2D eigenvalue weighted by Gasteiger charge is 2.28. The monoisotopic (exact) mass is 551 g/mol. The largest absolute Gasteiger partial charge is 0.493 e. The van der Waals surface area contributed by atoms with Gasteiger partial charge in [0.1, 0.15) is 5.76 Å². The summed E-state index contributed by atoms with van der Waals surface area (Å²) < 4.78 is 16.7. The minimum Gasteiger partial charge on any atom is -0.493 e. The summed E-state index contributed by atoms with van der Waals surface area (Å²) in [6.45, 7) is 2.29. The molecule has 41 heavy (non-hydrogen) atoms. The number of carbonyl (C=O) groups excluding carboxylic acids is 2. The number of benzene rings is 3. The number of nitrogens with zero attached hydrogens (tertiary/aromatic N) is 1. The van der Waals surface area contributed by atoms with Crippen LogP contribution in [0.1, 0.15) is 56.2 Å². The molecule has 3 aromatic carbocycles. The van der Waals surface area contributed by atoms with E-state index in [1.54, 1.807) is 26.4 Å². The number of hydrogen-bond acceptors (Lipinski definition) is 6. The number of hydrogen-bond donors (Lipinski definition) is 2. The Hall–Kier alpha value is -4.85. The molecule has 2 N–H and O–H groups in total. The van der Waals surface area contributed by atoms with Crippen molar-refractivity contribution in [3.8, 4) is 22.6 Å². The number of fused-ring (bicyclic) bond motifs is 1. The lowest BCUT2D eigenvalue weighted by atomic mass is 9.93. The Kier molecular flexibility index (Phi) is 8.48.